The number of carbonyl (C=O) groups is 1. The topological polar surface area (TPSA) is 118 Å². The van der Waals surface area contributed by atoms with Gasteiger partial charge in [-0.1, -0.05) is 0 Å². The van der Waals surface area contributed by atoms with E-state index in [1.54, 1.807) is 0 Å². The van der Waals surface area contributed by atoms with Gasteiger partial charge >= 0.3 is 5.97 Å². The van der Waals surface area contributed by atoms with Crippen LogP contribution in [0.1, 0.15) is 13.3 Å². The van der Waals surface area contributed by atoms with Crippen LogP contribution in [0.5, 0.6) is 0 Å². The number of aliphatic hydroxyl groups excluding tert-OH is 4. The van der Waals surface area contributed by atoms with Crippen molar-refractivity contribution >= 4 is 5.97 Å². The maximum atomic E-state index is 10.1. The van der Waals surface area contributed by atoms with Crippen LogP contribution in [-0.2, 0) is 4.79 Å². The second-order valence-electron chi connectivity index (χ2n) is 2.93. The number of aliphatic carboxylic acids is 1. The van der Waals surface area contributed by atoms with E-state index in [4.69, 9.17) is 25.5 Å². The summed E-state index contributed by atoms with van der Waals surface area (Å²) in [5.74, 6) is -1.61. The summed E-state index contributed by atoms with van der Waals surface area (Å²) in [5.41, 5.74) is 0. The minimum atomic E-state index is -2.03. The molecule has 0 amide bonds. The standard InChI is InChI=1S/C7H14O6/c1-3(8)2-4(9)5(10)6(11)7(12)13/h3-6,8-11H,2H2,1H3,(H,12,13). The molecule has 0 aromatic heterocycles. The molecule has 4 atom stereocenters. The Bertz CT molecular complexity index is 168. The third-order valence-corrected chi connectivity index (χ3v) is 1.55. The Morgan fingerprint density at radius 1 is 1.23 bits per heavy atom. The lowest BCUT2D eigenvalue weighted by molar-refractivity contribution is -0.159. The first-order valence-corrected chi connectivity index (χ1v) is 3.81. The lowest BCUT2D eigenvalue weighted by Crippen LogP contribution is -2.43. The Labute approximate surface area is 75.1 Å². The normalized spacial score (nSPS) is 20.4. The smallest absolute Gasteiger partial charge is 0.335 e. The van der Waals surface area contributed by atoms with Gasteiger partial charge in [-0.15, -0.1) is 0 Å². The molecule has 0 saturated carbocycles. The monoisotopic (exact) mass is 194 g/mol. The largest absolute Gasteiger partial charge is 0.479 e. The van der Waals surface area contributed by atoms with E-state index in [0.717, 1.165) is 0 Å². The highest BCUT2D eigenvalue weighted by Gasteiger charge is 2.30. The van der Waals surface area contributed by atoms with Gasteiger partial charge in [0.15, 0.2) is 6.10 Å². The van der Waals surface area contributed by atoms with Gasteiger partial charge in [0.25, 0.3) is 0 Å². The van der Waals surface area contributed by atoms with Gasteiger partial charge in [-0.2, -0.15) is 0 Å². The van der Waals surface area contributed by atoms with Crippen molar-refractivity contribution in [2.75, 3.05) is 0 Å². The molecule has 4 unspecified atom stereocenters. The fourth-order valence-electron chi connectivity index (χ4n) is 0.845. The summed E-state index contributed by atoms with van der Waals surface area (Å²) >= 11 is 0. The summed E-state index contributed by atoms with van der Waals surface area (Å²) in [6.07, 6.45) is -6.33. The number of hydrogen-bond donors (Lipinski definition) is 5. The number of carboxylic acids is 1. The number of aliphatic hydroxyl groups is 4. The zero-order valence-corrected chi connectivity index (χ0v) is 7.16. The highest BCUT2D eigenvalue weighted by molar-refractivity contribution is 5.72. The van der Waals surface area contributed by atoms with Gasteiger partial charge < -0.3 is 25.5 Å². The molecule has 0 aliphatic carbocycles. The van der Waals surface area contributed by atoms with Gasteiger partial charge in [0, 0.05) is 6.42 Å². The van der Waals surface area contributed by atoms with Gasteiger partial charge in [-0.05, 0) is 6.92 Å². The fraction of sp³-hybridized carbons (Fsp3) is 0.857. The highest BCUT2D eigenvalue weighted by Crippen LogP contribution is 2.06. The Kier molecular flexibility index (Phi) is 4.86. The molecule has 0 spiro atoms. The summed E-state index contributed by atoms with van der Waals surface area (Å²) < 4.78 is 0. The van der Waals surface area contributed by atoms with Crippen LogP contribution in [0, 0.1) is 0 Å². The van der Waals surface area contributed by atoms with Crippen LogP contribution in [-0.4, -0.2) is 55.9 Å². The quantitative estimate of drug-likeness (QED) is 0.343. The molecule has 0 aliphatic rings. The molecule has 5 N–H and O–H groups in total. The molecule has 0 rings (SSSR count). The van der Waals surface area contributed by atoms with Crippen molar-refractivity contribution in [1.29, 1.82) is 0 Å². The Balaban J connectivity index is 4.08. The van der Waals surface area contributed by atoms with Crippen LogP contribution in [0.2, 0.25) is 0 Å². The SMILES string of the molecule is CC(O)CC(O)C(O)C(O)C(=O)O. The second-order valence-corrected chi connectivity index (χ2v) is 2.93. The molecule has 13 heavy (non-hydrogen) atoms. The van der Waals surface area contributed by atoms with Crippen molar-refractivity contribution in [2.24, 2.45) is 0 Å². The Morgan fingerprint density at radius 2 is 1.69 bits per heavy atom. The Hall–Kier alpha value is -0.690. The van der Waals surface area contributed by atoms with E-state index in [-0.39, 0.29) is 6.42 Å². The zero-order chi connectivity index (χ0) is 10.6. The lowest BCUT2D eigenvalue weighted by Gasteiger charge is -2.20. The van der Waals surface area contributed by atoms with E-state index in [1.807, 2.05) is 0 Å². The van der Waals surface area contributed by atoms with Gasteiger partial charge in [0.1, 0.15) is 6.10 Å². The molecule has 0 aromatic carbocycles. The summed E-state index contributed by atoms with van der Waals surface area (Å²) in [5, 5.41) is 43.9. The van der Waals surface area contributed by atoms with Crippen LogP contribution in [0.25, 0.3) is 0 Å². The van der Waals surface area contributed by atoms with Crippen molar-refractivity contribution in [3.05, 3.63) is 0 Å². The molecule has 6 heteroatoms. The van der Waals surface area contributed by atoms with E-state index >= 15 is 0 Å². The second kappa shape index (κ2) is 5.13. The maximum Gasteiger partial charge on any atom is 0.335 e. The molecule has 0 fully saturated rings. The van der Waals surface area contributed by atoms with Crippen molar-refractivity contribution in [2.45, 2.75) is 37.8 Å². The first kappa shape index (κ1) is 12.3. The van der Waals surface area contributed by atoms with Crippen molar-refractivity contribution in [1.82, 2.24) is 0 Å². The summed E-state index contributed by atoms with van der Waals surface area (Å²) in [4.78, 5) is 10.1. The minimum Gasteiger partial charge on any atom is -0.479 e. The van der Waals surface area contributed by atoms with Crippen LogP contribution < -0.4 is 0 Å². The molecule has 0 bridgehead atoms. The number of hydrogen-bond acceptors (Lipinski definition) is 5. The molecule has 0 aromatic rings. The third kappa shape index (κ3) is 4.18. The summed E-state index contributed by atoms with van der Waals surface area (Å²) in [6.45, 7) is 1.38. The molecule has 0 heterocycles. The van der Waals surface area contributed by atoms with Crippen LogP contribution >= 0.6 is 0 Å². The molecule has 0 aliphatic heterocycles. The Morgan fingerprint density at radius 3 is 2.00 bits per heavy atom. The average molecular weight is 194 g/mol. The molecule has 0 saturated heterocycles. The van der Waals surface area contributed by atoms with E-state index in [0.29, 0.717) is 0 Å². The van der Waals surface area contributed by atoms with Crippen molar-refractivity contribution < 1.29 is 30.3 Å². The summed E-state index contributed by atoms with van der Waals surface area (Å²) in [6, 6.07) is 0. The van der Waals surface area contributed by atoms with Crippen molar-refractivity contribution in [3.63, 3.8) is 0 Å². The third-order valence-electron chi connectivity index (χ3n) is 1.55. The van der Waals surface area contributed by atoms with E-state index in [9.17, 15) is 4.79 Å². The highest BCUT2D eigenvalue weighted by atomic mass is 16.4. The van der Waals surface area contributed by atoms with Gasteiger partial charge in [0.2, 0.25) is 0 Å². The van der Waals surface area contributed by atoms with Gasteiger partial charge in [-0.3, -0.25) is 0 Å². The zero-order valence-electron chi connectivity index (χ0n) is 7.16. The molecular formula is C7H14O6. The lowest BCUT2D eigenvalue weighted by atomic mass is 10.0. The van der Waals surface area contributed by atoms with E-state index < -0.39 is 30.4 Å². The first-order chi connectivity index (χ1) is 5.86. The van der Waals surface area contributed by atoms with Crippen LogP contribution in [0.15, 0.2) is 0 Å². The first-order valence-electron chi connectivity index (χ1n) is 3.81. The fourth-order valence-corrected chi connectivity index (χ4v) is 0.845. The number of carboxylic acid groups (broad SMARTS) is 1. The van der Waals surface area contributed by atoms with Crippen molar-refractivity contribution in [3.8, 4) is 0 Å². The number of rotatable bonds is 5. The molecular weight excluding hydrogens is 180 g/mol. The van der Waals surface area contributed by atoms with Gasteiger partial charge in [0.05, 0.1) is 12.2 Å². The average Bonchev–Trinajstić information content (AvgIpc) is 2.00. The predicted molar refractivity (Wildman–Crippen MR) is 42.0 cm³/mol. The molecule has 6 nitrogen and oxygen atoms in total. The van der Waals surface area contributed by atoms with Gasteiger partial charge in [-0.25, -0.2) is 4.79 Å². The van der Waals surface area contributed by atoms with Crippen LogP contribution in [0.4, 0.5) is 0 Å². The predicted octanol–water partition coefficient (Wildman–Crippen LogP) is -2.08. The molecule has 0 radical (unpaired) electrons. The van der Waals surface area contributed by atoms with E-state index in [2.05, 4.69) is 0 Å². The maximum absolute atomic E-state index is 10.1. The molecule has 78 valence electrons. The summed E-state index contributed by atoms with van der Waals surface area (Å²) in [7, 11) is 0. The minimum absolute atomic E-state index is 0.189. The van der Waals surface area contributed by atoms with E-state index in [1.165, 1.54) is 6.92 Å². The van der Waals surface area contributed by atoms with Crippen LogP contribution in [0.3, 0.4) is 0 Å².